The molecule has 2 aromatic rings. The number of aliphatic hydroxyl groups excluding tert-OH is 1. The van der Waals surface area contributed by atoms with Gasteiger partial charge in [0, 0.05) is 29.7 Å². The van der Waals surface area contributed by atoms with E-state index in [0.29, 0.717) is 18.1 Å². The smallest absolute Gasteiger partial charge is 0.151 e. The van der Waals surface area contributed by atoms with Crippen LogP contribution in [0.3, 0.4) is 0 Å². The molecular formula is C14H15ClN2O2. The van der Waals surface area contributed by atoms with Gasteiger partial charge in [-0.05, 0) is 18.6 Å². The summed E-state index contributed by atoms with van der Waals surface area (Å²) in [6.45, 7) is 2.30. The molecule has 0 spiro atoms. The second kappa shape index (κ2) is 5.33. The third-order valence-corrected chi connectivity index (χ3v) is 3.58. The molecule has 1 aliphatic rings. The van der Waals surface area contributed by atoms with Crippen LogP contribution in [0.1, 0.15) is 12.2 Å². The average molecular weight is 279 g/mol. The molecule has 1 saturated heterocycles. The summed E-state index contributed by atoms with van der Waals surface area (Å²) in [4.78, 5) is 2.16. The summed E-state index contributed by atoms with van der Waals surface area (Å²) in [6, 6.07) is 9.45. The van der Waals surface area contributed by atoms with E-state index >= 15 is 0 Å². The standard InChI is InChI=1S/C14H15ClN2O2/c15-11-3-1-10(2-4-11)14-7-13(19-16-14)9-17-6-5-12(18)8-17/h1-4,7,12,18H,5-6,8-9H2/t12-/m1/s1. The Morgan fingerprint density at radius 1 is 1.37 bits per heavy atom. The summed E-state index contributed by atoms with van der Waals surface area (Å²) >= 11 is 5.86. The van der Waals surface area contributed by atoms with Gasteiger partial charge in [0.15, 0.2) is 5.76 Å². The van der Waals surface area contributed by atoms with Crippen LogP contribution in [0.5, 0.6) is 0 Å². The molecule has 3 rings (SSSR count). The topological polar surface area (TPSA) is 49.5 Å². The SMILES string of the molecule is O[C@@H]1CCN(Cc2cc(-c3ccc(Cl)cc3)no2)C1. The number of nitrogens with zero attached hydrogens (tertiary/aromatic N) is 2. The summed E-state index contributed by atoms with van der Waals surface area (Å²) in [5, 5.41) is 14.3. The number of likely N-dealkylation sites (tertiary alicyclic amines) is 1. The molecule has 0 saturated carbocycles. The van der Waals surface area contributed by atoms with Crippen LogP contribution in [0, 0.1) is 0 Å². The second-order valence-electron chi connectivity index (χ2n) is 4.86. The third-order valence-electron chi connectivity index (χ3n) is 3.33. The van der Waals surface area contributed by atoms with Crippen molar-refractivity contribution in [3.05, 3.63) is 41.1 Å². The monoisotopic (exact) mass is 278 g/mol. The number of hydrogen-bond donors (Lipinski definition) is 1. The van der Waals surface area contributed by atoms with Gasteiger partial charge in [-0.2, -0.15) is 0 Å². The van der Waals surface area contributed by atoms with Crippen molar-refractivity contribution in [2.75, 3.05) is 13.1 Å². The lowest BCUT2D eigenvalue weighted by molar-refractivity contribution is 0.170. The quantitative estimate of drug-likeness (QED) is 0.937. The van der Waals surface area contributed by atoms with Gasteiger partial charge < -0.3 is 9.63 Å². The minimum absolute atomic E-state index is 0.210. The molecule has 0 amide bonds. The van der Waals surface area contributed by atoms with Gasteiger partial charge in [0.05, 0.1) is 12.6 Å². The lowest BCUT2D eigenvalue weighted by atomic mass is 10.1. The number of aromatic nitrogens is 1. The van der Waals surface area contributed by atoms with Crippen molar-refractivity contribution in [1.82, 2.24) is 10.1 Å². The Balaban J connectivity index is 1.71. The highest BCUT2D eigenvalue weighted by molar-refractivity contribution is 6.30. The zero-order valence-corrected chi connectivity index (χ0v) is 11.2. The number of β-amino-alcohol motifs (C(OH)–C–C–N with tert-alkyl or cyclic N) is 1. The van der Waals surface area contributed by atoms with Crippen LogP contribution in [0.4, 0.5) is 0 Å². The van der Waals surface area contributed by atoms with E-state index in [1.54, 1.807) is 0 Å². The maximum atomic E-state index is 9.49. The van der Waals surface area contributed by atoms with Gasteiger partial charge >= 0.3 is 0 Å². The highest BCUT2D eigenvalue weighted by atomic mass is 35.5. The van der Waals surface area contributed by atoms with Crippen molar-refractivity contribution in [3.63, 3.8) is 0 Å². The molecule has 1 N–H and O–H groups in total. The third kappa shape index (κ3) is 2.97. The molecule has 0 unspecified atom stereocenters. The minimum Gasteiger partial charge on any atom is -0.392 e. The first-order valence-corrected chi connectivity index (χ1v) is 6.70. The first kappa shape index (κ1) is 12.7. The fourth-order valence-electron chi connectivity index (χ4n) is 2.32. The van der Waals surface area contributed by atoms with Crippen molar-refractivity contribution in [3.8, 4) is 11.3 Å². The Labute approximate surface area is 116 Å². The van der Waals surface area contributed by atoms with Gasteiger partial charge in [-0.25, -0.2) is 0 Å². The first-order chi connectivity index (χ1) is 9.20. The highest BCUT2D eigenvalue weighted by Crippen LogP contribution is 2.22. The number of halogens is 1. The van der Waals surface area contributed by atoms with E-state index in [2.05, 4.69) is 10.1 Å². The molecular weight excluding hydrogens is 264 g/mol. The summed E-state index contributed by atoms with van der Waals surface area (Å²) in [7, 11) is 0. The molecule has 19 heavy (non-hydrogen) atoms. The van der Waals surface area contributed by atoms with Crippen LogP contribution in [0.2, 0.25) is 5.02 Å². The molecule has 1 atom stereocenters. The first-order valence-electron chi connectivity index (χ1n) is 6.32. The molecule has 100 valence electrons. The van der Waals surface area contributed by atoms with Gasteiger partial charge in [0.1, 0.15) is 5.69 Å². The lowest BCUT2D eigenvalue weighted by Gasteiger charge is -2.11. The van der Waals surface area contributed by atoms with Crippen LogP contribution in [0.25, 0.3) is 11.3 Å². The van der Waals surface area contributed by atoms with Crippen LogP contribution in [0.15, 0.2) is 34.9 Å². The van der Waals surface area contributed by atoms with Gasteiger partial charge in [0.25, 0.3) is 0 Å². The Morgan fingerprint density at radius 2 is 2.16 bits per heavy atom. The number of benzene rings is 1. The molecule has 0 aliphatic carbocycles. The summed E-state index contributed by atoms with van der Waals surface area (Å²) < 4.78 is 5.34. The number of aliphatic hydroxyl groups is 1. The zero-order valence-electron chi connectivity index (χ0n) is 10.4. The van der Waals surface area contributed by atoms with Gasteiger partial charge in [0.2, 0.25) is 0 Å². The van der Waals surface area contributed by atoms with Crippen LogP contribution in [-0.2, 0) is 6.54 Å². The van der Waals surface area contributed by atoms with Crippen LogP contribution >= 0.6 is 11.6 Å². The summed E-state index contributed by atoms with van der Waals surface area (Å²) in [6.07, 6.45) is 0.622. The van der Waals surface area contributed by atoms with Crippen molar-refractivity contribution in [1.29, 1.82) is 0 Å². The Morgan fingerprint density at radius 3 is 2.84 bits per heavy atom. The van der Waals surface area contributed by atoms with Gasteiger partial charge in [-0.3, -0.25) is 4.90 Å². The van der Waals surface area contributed by atoms with E-state index in [4.69, 9.17) is 16.1 Å². The Kier molecular flexibility index (Phi) is 3.55. The maximum Gasteiger partial charge on any atom is 0.151 e. The Bertz CT molecular complexity index is 553. The zero-order chi connectivity index (χ0) is 13.2. The maximum absolute atomic E-state index is 9.49. The van der Waals surface area contributed by atoms with Crippen molar-refractivity contribution >= 4 is 11.6 Å². The van der Waals surface area contributed by atoms with E-state index in [0.717, 1.165) is 30.0 Å². The Hall–Kier alpha value is -1.36. The molecule has 0 bridgehead atoms. The second-order valence-corrected chi connectivity index (χ2v) is 5.30. The predicted molar refractivity (Wildman–Crippen MR) is 72.8 cm³/mol. The average Bonchev–Trinajstić information content (AvgIpc) is 3.00. The summed E-state index contributed by atoms with van der Waals surface area (Å²) in [5.74, 6) is 0.819. The van der Waals surface area contributed by atoms with Crippen LogP contribution < -0.4 is 0 Å². The molecule has 1 aromatic heterocycles. The number of rotatable bonds is 3. The molecule has 0 radical (unpaired) electrons. The minimum atomic E-state index is -0.210. The highest BCUT2D eigenvalue weighted by Gasteiger charge is 2.21. The lowest BCUT2D eigenvalue weighted by Crippen LogP contribution is -2.21. The van der Waals surface area contributed by atoms with E-state index in [1.165, 1.54) is 0 Å². The molecule has 1 fully saturated rings. The fraction of sp³-hybridized carbons (Fsp3) is 0.357. The predicted octanol–water partition coefficient (Wildman–Crippen LogP) is 2.56. The summed E-state index contributed by atoms with van der Waals surface area (Å²) in [5.41, 5.74) is 1.80. The van der Waals surface area contributed by atoms with Gasteiger partial charge in [-0.1, -0.05) is 28.9 Å². The van der Waals surface area contributed by atoms with Gasteiger partial charge in [-0.15, -0.1) is 0 Å². The van der Waals surface area contributed by atoms with Crippen LogP contribution in [-0.4, -0.2) is 34.4 Å². The molecule has 1 aromatic carbocycles. The largest absolute Gasteiger partial charge is 0.392 e. The molecule has 1 aliphatic heterocycles. The number of hydrogen-bond acceptors (Lipinski definition) is 4. The normalized spacial score (nSPS) is 20.0. The molecule has 2 heterocycles. The molecule has 5 heteroatoms. The van der Waals surface area contributed by atoms with E-state index in [9.17, 15) is 5.11 Å². The van der Waals surface area contributed by atoms with Crippen molar-refractivity contribution in [2.24, 2.45) is 0 Å². The molecule has 4 nitrogen and oxygen atoms in total. The van der Waals surface area contributed by atoms with E-state index in [-0.39, 0.29) is 6.10 Å². The fourth-order valence-corrected chi connectivity index (χ4v) is 2.45. The van der Waals surface area contributed by atoms with Crippen molar-refractivity contribution < 1.29 is 9.63 Å². The van der Waals surface area contributed by atoms with Crippen molar-refractivity contribution in [2.45, 2.75) is 19.1 Å². The van der Waals surface area contributed by atoms with E-state index in [1.807, 2.05) is 30.3 Å². The van der Waals surface area contributed by atoms with E-state index < -0.39 is 0 Å².